The van der Waals surface area contributed by atoms with Crippen LogP contribution < -0.4 is 9.46 Å². The molecule has 0 aliphatic carbocycles. The molecule has 0 fully saturated rings. The van der Waals surface area contributed by atoms with Crippen molar-refractivity contribution in [2.24, 2.45) is 0 Å². The van der Waals surface area contributed by atoms with Crippen LogP contribution >= 0.6 is 0 Å². The maximum absolute atomic E-state index is 11.7. The normalized spacial score (nSPS) is 11.2. The SMILES string of the molecule is Cc1cnn(CCC(=O)Oc2ccc(NS(C)(=O)=O)cc2)c1. The van der Waals surface area contributed by atoms with Gasteiger partial charge in [0, 0.05) is 11.9 Å². The molecule has 0 radical (unpaired) electrons. The first-order valence-electron chi connectivity index (χ1n) is 6.59. The van der Waals surface area contributed by atoms with Gasteiger partial charge in [0.25, 0.3) is 0 Å². The van der Waals surface area contributed by atoms with Crippen molar-refractivity contribution < 1.29 is 17.9 Å². The summed E-state index contributed by atoms with van der Waals surface area (Å²) in [6, 6.07) is 6.12. The number of anilines is 1. The minimum absolute atomic E-state index is 0.199. The van der Waals surface area contributed by atoms with Crippen LogP contribution in [0.4, 0.5) is 5.69 Å². The topological polar surface area (TPSA) is 90.3 Å². The standard InChI is InChI=1S/C14H17N3O4S/c1-11-9-15-17(10-11)8-7-14(18)21-13-5-3-12(4-6-13)16-22(2,19)20/h3-6,9-10,16H,7-8H2,1-2H3. The van der Waals surface area contributed by atoms with Gasteiger partial charge < -0.3 is 4.74 Å². The van der Waals surface area contributed by atoms with Crippen LogP contribution in [-0.2, 0) is 21.4 Å². The molecule has 22 heavy (non-hydrogen) atoms. The third kappa shape index (κ3) is 5.21. The summed E-state index contributed by atoms with van der Waals surface area (Å²) in [6.07, 6.45) is 4.83. The van der Waals surface area contributed by atoms with E-state index in [2.05, 4.69) is 9.82 Å². The van der Waals surface area contributed by atoms with Gasteiger partial charge in [-0.3, -0.25) is 14.2 Å². The lowest BCUT2D eigenvalue weighted by Gasteiger charge is -2.07. The number of rotatable bonds is 6. The number of carbonyl (C=O) groups excluding carboxylic acids is 1. The van der Waals surface area contributed by atoms with Crippen LogP contribution in [0.3, 0.4) is 0 Å². The Balaban J connectivity index is 1.86. The first-order valence-corrected chi connectivity index (χ1v) is 8.48. The van der Waals surface area contributed by atoms with Crippen molar-refractivity contribution in [3.05, 3.63) is 42.2 Å². The lowest BCUT2D eigenvalue weighted by Crippen LogP contribution is -2.12. The van der Waals surface area contributed by atoms with Gasteiger partial charge in [0.05, 0.1) is 25.4 Å². The van der Waals surface area contributed by atoms with Gasteiger partial charge in [-0.1, -0.05) is 0 Å². The molecule has 1 heterocycles. The van der Waals surface area contributed by atoms with E-state index < -0.39 is 10.0 Å². The summed E-state index contributed by atoms with van der Waals surface area (Å²) in [4.78, 5) is 11.7. The van der Waals surface area contributed by atoms with E-state index in [1.165, 1.54) is 24.3 Å². The molecule has 2 rings (SSSR count). The molecule has 0 unspecified atom stereocenters. The van der Waals surface area contributed by atoms with Gasteiger partial charge in [-0.25, -0.2) is 8.42 Å². The van der Waals surface area contributed by atoms with E-state index in [1.54, 1.807) is 10.9 Å². The highest BCUT2D eigenvalue weighted by molar-refractivity contribution is 7.92. The first-order chi connectivity index (χ1) is 10.3. The number of aryl methyl sites for hydroxylation is 2. The third-order valence-corrected chi connectivity index (χ3v) is 3.30. The summed E-state index contributed by atoms with van der Waals surface area (Å²) < 4.78 is 31.3. The van der Waals surface area contributed by atoms with E-state index in [0.29, 0.717) is 18.0 Å². The number of benzene rings is 1. The van der Waals surface area contributed by atoms with Crippen molar-refractivity contribution in [3.8, 4) is 5.75 Å². The van der Waals surface area contributed by atoms with E-state index in [0.717, 1.165) is 11.8 Å². The minimum atomic E-state index is -3.32. The number of carbonyl (C=O) groups is 1. The Morgan fingerprint density at radius 1 is 1.32 bits per heavy atom. The van der Waals surface area contributed by atoms with E-state index in [9.17, 15) is 13.2 Å². The van der Waals surface area contributed by atoms with Gasteiger partial charge in [-0.2, -0.15) is 5.10 Å². The summed E-state index contributed by atoms with van der Waals surface area (Å²) in [6.45, 7) is 2.37. The molecule has 0 bridgehead atoms. The molecule has 0 atom stereocenters. The quantitative estimate of drug-likeness (QED) is 0.643. The number of hydrogen-bond donors (Lipinski definition) is 1. The monoisotopic (exact) mass is 323 g/mol. The minimum Gasteiger partial charge on any atom is -0.426 e. The van der Waals surface area contributed by atoms with Crippen LogP contribution in [0.5, 0.6) is 5.75 Å². The summed E-state index contributed by atoms with van der Waals surface area (Å²) in [5.74, 6) is -0.0160. The number of esters is 1. The summed E-state index contributed by atoms with van der Waals surface area (Å²) >= 11 is 0. The molecule has 0 spiro atoms. The van der Waals surface area contributed by atoms with Crippen molar-refractivity contribution >= 4 is 21.7 Å². The fourth-order valence-electron chi connectivity index (χ4n) is 1.78. The molecular formula is C14H17N3O4S. The molecule has 0 aliphatic heterocycles. The van der Waals surface area contributed by atoms with Crippen molar-refractivity contribution in [1.82, 2.24) is 9.78 Å². The molecule has 118 valence electrons. The summed E-state index contributed by atoms with van der Waals surface area (Å²) in [7, 11) is -3.32. The van der Waals surface area contributed by atoms with Gasteiger partial charge in [0.1, 0.15) is 5.75 Å². The first kappa shape index (κ1) is 16.0. The summed E-state index contributed by atoms with van der Waals surface area (Å²) in [5.41, 5.74) is 1.44. The zero-order valence-electron chi connectivity index (χ0n) is 12.3. The van der Waals surface area contributed by atoms with E-state index in [4.69, 9.17) is 4.74 Å². The Hall–Kier alpha value is -2.35. The lowest BCUT2D eigenvalue weighted by atomic mass is 10.3. The molecule has 0 saturated carbocycles. The lowest BCUT2D eigenvalue weighted by molar-refractivity contribution is -0.134. The van der Waals surface area contributed by atoms with Crippen LogP contribution in [0.2, 0.25) is 0 Å². The van der Waals surface area contributed by atoms with Gasteiger partial charge in [0.2, 0.25) is 10.0 Å². The van der Waals surface area contributed by atoms with Crippen molar-refractivity contribution in [1.29, 1.82) is 0 Å². The molecular weight excluding hydrogens is 306 g/mol. The second-order valence-electron chi connectivity index (χ2n) is 4.90. The van der Waals surface area contributed by atoms with Gasteiger partial charge in [0.15, 0.2) is 0 Å². The Morgan fingerprint density at radius 3 is 2.55 bits per heavy atom. The average molecular weight is 323 g/mol. The Morgan fingerprint density at radius 2 is 2.00 bits per heavy atom. The number of nitrogens with one attached hydrogen (secondary N) is 1. The zero-order chi connectivity index (χ0) is 16.2. The molecule has 1 N–H and O–H groups in total. The van der Waals surface area contributed by atoms with E-state index in [1.807, 2.05) is 13.1 Å². The Kier molecular flexibility index (Phi) is 4.81. The highest BCUT2D eigenvalue weighted by Crippen LogP contribution is 2.17. The molecule has 1 aromatic heterocycles. The number of ether oxygens (including phenoxy) is 1. The summed E-state index contributed by atoms with van der Waals surface area (Å²) in [5, 5.41) is 4.08. The van der Waals surface area contributed by atoms with Gasteiger partial charge in [-0.05, 0) is 36.8 Å². The second-order valence-corrected chi connectivity index (χ2v) is 6.65. The predicted molar refractivity (Wildman–Crippen MR) is 82.1 cm³/mol. The smallest absolute Gasteiger partial charge is 0.313 e. The molecule has 1 aromatic carbocycles. The third-order valence-electron chi connectivity index (χ3n) is 2.70. The van der Waals surface area contributed by atoms with E-state index >= 15 is 0 Å². The number of sulfonamides is 1. The maximum atomic E-state index is 11.7. The van der Waals surface area contributed by atoms with Crippen molar-refractivity contribution in [2.75, 3.05) is 11.0 Å². The molecule has 0 amide bonds. The van der Waals surface area contributed by atoms with Gasteiger partial charge >= 0.3 is 5.97 Å². The fraction of sp³-hybridized carbons (Fsp3) is 0.286. The van der Waals surface area contributed by atoms with Crippen molar-refractivity contribution in [3.63, 3.8) is 0 Å². The molecule has 0 saturated heterocycles. The van der Waals surface area contributed by atoms with Crippen LogP contribution in [0, 0.1) is 6.92 Å². The van der Waals surface area contributed by atoms with Crippen LogP contribution in [0.15, 0.2) is 36.7 Å². The molecule has 7 nitrogen and oxygen atoms in total. The number of aromatic nitrogens is 2. The van der Waals surface area contributed by atoms with Crippen LogP contribution in [-0.4, -0.2) is 30.4 Å². The highest BCUT2D eigenvalue weighted by Gasteiger charge is 2.07. The highest BCUT2D eigenvalue weighted by atomic mass is 32.2. The zero-order valence-corrected chi connectivity index (χ0v) is 13.1. The molecule has 2 aromatic rings. The maximum Gasteiger partial charge on any atom is 0.313 e. The van der Waals surface area contributed by atoms with Crippen molar-refractivity contribution in [2.45, 2.75) is 19.9 Å². The largest absolute Gasteiger partial charge is 0.426 e. The predicted octanol–water partition coefficient (Wildman–Crippen LogP) is 1.56. The van der Waals surface area contributed by atoms with E-state index in [-0.39, 0.29) is 12.4 Å². The van der Waals surface area contributed by atoms with Gasteiger partial charge in [-0.15, -0.1) is 0 Å². The van der Waals surface area contributed by atoms with Crippen LogP contribution in [0.25, 0.3) is 0 Å². The molecule has 8 heteroatoms. The number of nitrogens with zero attached hydrogens (tertiary/aromatic N) is 2. The number of hydrogen-bond acceptors (Lipinski definition) is 5. The average Bonchev–Trinajstić information content (AvgIpc) is 2.83. The molecule has 0 aliphatic rings. The van der Waals surface area contributed by atoms with Crippen LogP contribution in [0.1, 0.15) is 12.0 Å². The Bertz CT molecular complexity index is 751. The fourth-order valence-corrected chi connectivity index (χ4v) is 2.35. The second kappa shape index (κ2) is 6.61. The Labute approximate surface area is 129 Å².